The van der Waals surface area contributed by atoms with Gasteiger partial charge in [0.05, 0.1) is 17.0 Å². The number of aliphatic carboxylic acids is 1. The van der Waals surface area contributed by atoms with Gasteiger partial charge in [-0.25, -0.2) is 4.39 Å². The van der Waals surface area contributed by atoms with Gasteiger partial charge in [0, 0.05) is 11.6 Å². The minimum atomic E-state index is -1.17. The Balaban J connectivity index is 3.35. The van der Waals surface area contributed by atoms with Crippen molar-refractivity contribution < 1.29 is 24.1 Å². The summed E-state index contributed by atoms with van der Waals surface area (Å²) in [6, 6.07) is 1.17. The van der Waals surface area contributed by atoms with Gasteiger partial charge >= 0.3 is 5.97 Å². The largest absolute Gasteiger partial charge is 0.504 e. The van der Waals surface area contributed by atoms with E-state index in [1.54, 1.807) is 0 Å². The normalized spacial score (nSPS) is 11.4. The standard InChI is InChI=1S/C12H14BrFO4/c1-12(2,11(16)17)5-6-9(14)7(13)4-8(15)10(6)18-3/h4,15H,5H2,1-3H3,(H,16,17). The lowest BCUT2D eigenvalue weighted by Gasteiger charge is -2.21. The van der Waals surface area contributed by atoms with Crippen LogP contribution in [0.4, 0.5) is 4.39 Å². The van der Waals surface area contributed by atoms with E-state index in [1.807, 2.05) is 0 Å². The van der Waals surface area contributed by atoms with Gasteiger partial charge in [-0.15, -0.1) is 0 Å². The lowest BCUT2D eigenvalue weighted by atomic mass is 9.85. The van der Waals surface area contributed by atoms with Gasteiger partial charge in [-0.1, -0.05) is 0 Å². The third-order valence-electron chi connectivity index (χ3n) is 2.65. The zero-order chi connectivity index (χ0) is 14.1. The predicted molar refractivity (Wildman–Crippen MR) is 67.4 cm³/mol. The van der Waals surface area contributed by atoms with Crippen LogP contribution in [0.1, 0.15) is 19.4 Å². The molecule has 0 amide bonds. The van der Waals surface area contributed by atoms with E-state index in [9.17, 15) is 14.3 Å². The number of rotatable bonds is 4. The number of aromatic hydroxyl groups is 1. The minimum absolute atomic E-state index is 0.0370. The van der Waals surface area contributed by atoms with E-state index in [1.165, 1.54) is 27.0 Å². The molecule has 1 aromatic rings. The van der Waals surface area contributed by atoms with E-state index >= 15 is 0 Å². The molecule has 0 unspecified atom stereocenters. The number of benzene rings is 1. The molecule has 18 heavy (non-hydrogen) atoms. The smallest absolute Gasteiger partial charge is 0.309 e. The molecule has 0 spiro atoms. The maximum atomic E-state index is 14.0. The van der Waals surface area contributed by atoms with Crippen LogP contribution in [-0.2, 0) is 11.2 Å². The Hall–Kier alpha value is -1.30. The van der Waals surface area contributed by atoms with Crippen molar-refractivity contribution in [3.63, 3.8) is 0 Å². The second-order valence-electron chi connectivity index (χ2n) is 4.57. The fourth-order valence-electron chi connectivity index (χ4n) is 1.55. The first kappa shape index (κ1) is 14.8. The summed E-state index contributed by atoms with van der Waals surface area (Å²) in [6.45, 7) is 2.96. The fourth-order valence-corrected chi connectivity index (χ4v) is 2.01. The van der Waals surface area contributed by atoms with Gasteiger partial charge in [0.1, 0.15) is 5.82 Å². The van der Waals surface area contributed by atoms with E-state index in [2.05, 4.69) is 15.9 Å². The molecule has 0 fully saturated rings. The molecule has 1 rings (SSSR count). The SMILES string of the molecule is COc1c(O)cc(Br)c(F)c1CC(C)(C)C(=O)O. The number of phenolic OH excluding ortho intramolecular Hbond substituents is 1. The topological polar surface area (TPSA) is 66.8 Å². The number of carboxylic acids is 1. The van der Waals surface area contributed by atoms with E-state index in [4.69, 9.17) is 9.84 Å². The molecule has 0 atom stereocenters. The van der Waals surface area contributed by atoms with Crippen molar-refractivity contribution in [3.8, 4) is 11.5 Å². The van der Waals surface area contributed by atoms with Crippen molar-refractivity contribution in [2.24, 2.45) is 5.41 Å². The number of carboxylic acid groups (broad SMARTS) is 1. The highest BCUT2D eigenvalue weighted by molar-refractivity contribution is 9.10. The Morgan fingerprint density at radius 3 is 2.56 bits per heavy atom. The van der Waals surface area contributed by atoms with Crippen LogP contribution in [0.15, 0.2) is 10.5 Å². The van der Waals surface area contributed by atoms with Crippen molar-refractivity contribution in [1.29, 1.82) is 0 Å². The van der Waals surface area contributed by atoms with Crippen molar-refractivity contribution >= 4 is 21.9 Å². The molecule has 2 N–H and O–H groups in total. The average Bonchev–Trinajstić information content (AvgIpc) is 2.25. The number of phenols is 1. The van der Waals surface area contributed by atoms with Crippen LogP contribution in [0, 0.1) is 11.2 Å². The van der Waals surface area contributed by atoms with Crippen molar-refractivity contribution in [2.75, 3.05) is 7.11 Å². The molecule has 0 bridgehead atoms. The number of carbonyl (C=O) groups is 1. The summed E-state index contributed by atoms with van der Waals surface area (Å²) in [4.78, 5) is 11.1. The van der Waals surface area contributed by atoms with Crippen molar-refractivity contribution in [1.82, 2.24) is 0 Å². The summed E-state index contributed by atoms with van der Waals surface area (Å²) < 4.78 is 19.0. The second-order valence-corrected chi connectivity index (χ2v) is 5.42. The molecular formula is C12H14BrFO4. The summed E-state index contributed by atoms with van der Waals surface area (Å²) in [5.74, 6) is -1.95. The Bertz CT molecular complexity index is 485. The number of halogens is 2. The number of ether oxygens (including phenoxy) is 1. The third kappa shape index (κ3) is 2.75. The van der Waals surface area contributed by atoms with Crippen molar-refractivity contribution in [2.45, 2.75) is 20.3 Å². The van der Waals surface area contributed by atoms with E-state index < -0.39 is 17.2 Å². The molecule has 4 nitrogen and oxygen atoms in total. The maximum Gasteiger partial charge on any atom is 0.309 e. The number of hydrogen-bond donors (Lipinski definition) is 2. The Morgan fingerprint density at radius 2 is 2.11 bits per heavy atom. The average molecular weight is 321 g/mol. The minimum Gasteiger partial charge on any atom is -0.504 e. The fraction of sp³-hybridized carbons (Fsp3) is 0.417. The lowest BCUT2D eigenvalue weighted by molar-refractivity contribution is -0.146. The molecule has 6 heteroatoms. The molecule has 0 aromatic heterocycles. The Labute approximate surface area is 113 Å². The third-order valence-corrected chi connectivity index (χ3v) is 3.22. The zero-order valence-electron chi connectivity index (χ0n) is 10.3. The van der Waals surface area contributed by atoms with Crippen LogP contribution in [0.2, 0.25) is 0 Å². The molecule has 0 saturated carbocycles. The van der Waals surface area contributed by atoms with Crippen LogP contribution < -0.4 is 4.74 Å². The second kappa shape index (κ2) is 5.14. The highest BCUT2D eigenvalue weighted by Crippen LogP contribution is 2.39. The molecule has 0 aliphatic rings. The van der Waals surface area contributed by atoms with Crippen molar-refractivity contribution in [3.05, 3.63) is 21.9 Å². The summed E-state index contributed by atoms with van der Waals surface area (Å²) >= 11 is 2.97. The first-order chi connectivity index (χ1) is 8.20. The molecule has 0 saturated heterocycles. The first-order valence-corrected chi connectivity index (χ1v) is 5.97. The highest BCUT2D eigenvalue weighted by Gasteiger charge is 2.31. The molecule has 0 heterocycles. The Kier molecular flexibility index (Phi) is 4.21. The highest BCUT2D eigenvalue weighted by atomic mass is 79.9. The lowest BCUT2D eigenvalue weighted by Crippen LogP contribution is -2.27. The van der Waals surface area contributed by atoms with Gasteiger partial charge in [0.25, 0.3) is 0 Å². The maximum absolute atomic E-state index is 14.0. The molecule has 0 radical (unpaired) electrons. The van der Waals surface area contributed by atoms with Gasteiger partial charge in [0.15, 0.2) is 11.5 Å². The summed E-state index contributed by atoms with van der Waals surface area (Å²) in [7, 11) is 1.29. The van der Waals surface area contributed by atoms with Crippen LogP contribution in [0.25, 0.3) is 0 Å². The summed E-state index contributed by atoms with van der Waals surface area (Å²) in [6.07, 6.45) is -0.0929. The molecule has 0 aliphatic carbocycles. The Morgan fingerprint density at radius 1 is 1.56 bits per heavy atom. The van der Waals surface area contributed by atoms with Gasteiger partial charge in [-0.2, -0.15) is 0 Å². The molecule has 0 aliphatic heterocycles. The van der Waals surface area contributed by atoms with Gasteiger partial charge in [-0.3, -0.25) is 4.79 Å². The van der Waals surface area contributed by atoms with Gasteiger partial charge in [-0.05, 0) is 36.2 Å². The first-order valence-electron chi connectivity index (χ1n) is 5.18. The number of methoxy groups -OCH3 is 1. The molecule has 1 aromatic carbocycles. The molecular weight excluding hydrogens is 307 g/mol. The van der Waals surface area contributed by atoms with Gasteiger partial charge in [0.2, 0.25) is 0 Å². The zero-order valence-corrected chi connectivity index (χ0v) is 11.8. The summed E-state index contributed by atoms with van der Waals surface area (Å²) in [5, 5.41) is 18.7. The van der Waals surface area contributed by atoms with Crippen LogP contribution >= 0.6 is 15.9 Å². The predicted octanol–water partition coefficient (Wildman–Crippen LogP) is 2.96. The number of hydrogen-bond acceptors (Lipinski definition) is 3. The van der Waals surface area contributed by atoms with Gasteiger partial charge < -0.3 is 14.9 Å². The summed E-state index contributed by atoms with van der Waals surface area (Å²) in [5.41, 5.74) is -1.13. The van der Waals surface area contributed by atoms with Crippen LogP contribution in [-0.4, -0.2) is 23.3 Å². The van der Waals surface area contributed by atoms with Crippen LogP contribution in [0.3, 0.4) is 0 Å². The van der Waals surface area contributed by atoms with E-state index in [0.717, 1.165) is 0 Å². The quantitative estimate of drug-likeness (QED) is 0.895. The van der Waals surface area contributed by atoms with E-state index in [0.29, 0.717) is 0 Å². The van der Waals surface area contributed by atoms with E-state index in [-0.39, 0.29) is 28.0 Å². The monoisotopic (exact) mass is 320 g/mol. The molecule has 100 valence electrons. The van der Waals surface area contributed by atoms with Crippen LogP contribution in [0.5, 0.6) is 11.5 Å².